The van der Waals surface area contributed by atoms with Gasteiger partial charge < -0.3 is 10.6 Å². The quantitative estimate of drug-likeness (QED) is 0.605. The summed E-state index contributed by atoms with van der Waals surface area (Å²) in [6.07, 6.45) is 9.63. The van der Waals surface area contributed by atoms with Gasteiger partial charge in [-0.25, -0.2) is 0 Å². The molecule has 0 amide bonds. The summed E-state index contributed by atoms with van der Waals surface area (Å²) >= 11 is 0. The van der Waals surface area contributed by atoms with E-state index in [4.69, 9.17) is 0 Å². The van der Waals surface area contributed by atoms with E-state index in [1.807, 2.05) is 0 Å². The van der Waals surface area contributed by atoms with E-state index in [0.29, 0.717) is 6.04 Å². The van der Waals surface area contributed by atoms with Crippen LogP contribution < -0.4 is 10.6 Å². The molecule has 1 aliphatic rings. The molecule has 1 saturated carbocycles. The lowest BCUT2D eigenvalue weighted by Gasteiger charge is -2.15. The van der Waals surface area contributed by atoms with E-state index >= 15 is 0 Å². The third kappa shape index (κ3) is 6.16. The first-order valence-corrected chi connectivity index (χ1v) is 6.79. The van der Waals surface area contributed by atoms with E-state index in [9.17, 15) is 0 Å². The summed E-state index contributed by atoms with van der Waals surface area (Å²) in [5.41, 5.74) is 0. The molecular weight excluding hydrogens is 184 g/mol. The molecule has 1 fully saturated rings. The van der Waals surface area contributed by atoms with Gasteiger partial charge in [-0.05, 0) is 26.2 Å². The van der Waals surface area contributed by atoms with E-state index in [0.717, 1.165) is 19.1 Å². The Morgan fingerprint density at radius 2 is 1.93 bits per heavy atom. The van der Waals surface area contributed by atoms with Crippen LogP contribution in [0.5, 0.6) is 0 Å². The Hall–Kier alpha value is -0.0800. The van der Waals surface area contributed by atoms with Crippen molar-refractivity contribution in [3.05, 3.63) is 0 Å². The molecule has 2 nitrogen and oxygen atoms in total. The summed E-state index contributed by atoms with van der Waals surface area (Å²) in [7, 11) is 0. The first kappa shape index (κ1) is 13.0. The van der Waals surface area contributed by atoms with Crippen LogP contribution >= 0.6 is 0 Å². The summed E-state index contributed by atoms with van der Waals surface area (Å²) in [6, 6.07) is 1.51. The largest absolute Gasteiger partial charge is 0.313 e. The third-order valence-corrected chi connectivity index (χ3v) is 3.40. The molecule has 2 N–H and O–H groups in total. The smallest absolute Gasteiger partial charge is 0.00794 e. The van der Waals surface area contributed by atoms with E-state index in [1.165, 1.54) is 44.9 Å². The SMILES string of the molecule is CCCCC(C)NCCNC1CCCC1. The first-order valence-electron chi connectivity index (χ1n) is 6.79. The van der Waals surface area contributed by atoms with Gasteiger partial charge in [0.1, 0.15) is 0 Å². The van der Waals surface area contributed by atoms with Crippen molar-refractivity contribution in [2.45, 2.75) is 70.9 Å². The molecule has 0 radical (unpaired) electrons. The number of hydrogen-bond donors (Lipinski definition) is 2. The van der Waals surface area contributed by atoms with Gasteiger partial charge in [0, 0.05) is 25.2 Å². The van der Waals surface area contributed by atoms with Crippen LogP contribution in [0.25, 0.3) is 0 Å². The van der Waals surface area contributed by atoms with E-state index in [2.05, 4.69) is 24.5 Å². The highest BCUT2D eigenvalue weighted by Crippen LogP contribution is 2.17. The van der Waals surface area contributed by atoms with Crippen LogP contribution in [0.3, 0.4) is 0 Å². The van der Waals surface area contributed by atoms with Crippen molar-refractivity contribution < 1.29 is 0 Å². The predicted octanol–water partition coefficient (Wildman–Crippen LogP) is 2.69. The molecule has 0 saturated heterocycles. The number of hydrogen-bond acceptors (Lipinski definition) is 2. The zero-order chi connectivity index (χ0) is 10.9. The minimum absolute atomic E-state index is 0.690. The predicted molar refractivity (Wildman–Crippen MR) is 67.2 cm³/mol. The van der Waals surface area contributed by atoms with Gasteiger partial charge in [0.05, 0.1) is 0 Å². The molecule has 0 aromatic heterocycles. The average Bonchev–Trinajstić information content (AvgIpc) is 2.74. The zero-order valence-electron chi connectivity index (χ0n) is 10.5. The molecule has 0 aliphatic heterocycles. The first-order chi connectivity index (χ1) is 7.33. The topological polar surface area (TPSA) is 24.1 Å². The van der Waals surface area contributed by atoms with Crippen LogP contribution in [-0.2, 0) is 0 Å². The summed E-state index contributed by atoms with van der Waals surface area (Å²) in [5, 5.41) is 7.21. The van der Waals surface area contributed by atoms with Gasteiger partial charge >= 0.3 is 0 Å². The maximum atomic E-state index is 3.63. The Labute approximate surface area is 95.2 Å². The minimum atomic E-state index is 0.690. The summed E-state index contributed by atoms with van der Waals surface area (Å²) in [6.45, 7) is 6.82. The Morgan fingerprint density at radius 3 is 2.60 bits per heavy atom. The molecule has 0 aromatic rings. The minimum Gasteiger partial charge on any atom is -0.313 e. The third-order valence-electron chi connectivity index (χ3n) is 3.40. The normalized spacial score (nSPS) is 19.6. The van der Waals surface area contributed by atoms with Crippen molar-refractivity contribution in [3.8, 4) is 0 Å². The fourth-order valence-corrected chi connectivity index (χ4v) is 2.34. The number of nitrogens with one attached hydrogen (secondary N) is 2. The zero-order valence-corrected chi connectivity index (χ0v) is 10.5. The van der Waals surface area contributed by atoms with Crippen LogP contribution in [0.1, 0.15) is 58.8 Å². The molecule has 1 rings (SSSR count). The molecule has 0 aromatic carbocycles. The second-order valence-corrected chi connectivity index (χ2v) is 4.93. The average molecular weight is 212 g/mol. The molecule has 15 heavy (non-hydrogen) atoms. The van der Waals surface area contributed by atoms with Crippen LogP contribution in [0.4, 0.5) is 0 Å². The van der Waals surface area contributed by atoms with Gasteiger partial charge in [-0.15, -0.1) is 0 Å². The molecule has 2 heteroatoms. The van der Waals surface area contributed by atoms with E-state index < -0.39 is 0 Å². The standard InChI is InChI=1S/C13H28N2/c1-3-4-7-12(2)14-10-11-15-13-8-5-6-9-13/h12-15H,3-11H2,1-2H3. The summed E-state index contributed by atoms with van der Waals surface area (Å²) in [4.78, 5) is 0. The van der Waals surface area contributed by atoms with Crippen molar-refractivity contribution in [1.82, 2.24) is 10.6 Å². The van der Waals surface area contributed by atoms with Crippen molar-refractivity contribution >= 4 is 0 Å². The van der Waals surface area contributed by atoms with Gasteiger partial charge in [0.2, 0.25) is 0 Å². The molecule has 1 atom stereocenters. The molecule has 0 spiro atoms. The second kappa shape index (κ2) is 8.12. The van der Waals surface area contributed by atoms with E-state index in [1.54, 1.807) is 0 Å². The summed E-state index contributed by atoms with van der Waals surface area (Å²) in [5.74, 6) is 0. The lowest BCUT2D eigenvalue weighted by Crippen LogP contribution is -2.36. The highest BCUT2D eigenvalue weighted by atomic mass is 15.0. The number of rotatable bonds is 8. The molecular formula is C13H28N2. The van der Waals surface area contributed by atoms with Crippen molar-refractivity contribution in [2.75, 3.05) is 13.1 Å². The van der Waals surface area contributed by atoms with Gasteiger partial charge in [0.15, 0.2) is 0 Å². The second-order valence-electron chi connectivity index (χ2n) is 4.93. The Morgan fingerprint density at radius 1 is 1.20 bits per heavy atom. The van der Waals surface area contributed by atoms with Gasteiger partial charge in [0.25, 0.3) is 0 Å². The lowest BCUT2D eigenvalue weighted by atomic mass is 10.1. The highest BCUT2D eigenvalue weighted by Gasteiger charge is 2.13. The van der Waals surface area contributed by atoms with E-state index in [-0.39, 0.29) is 0 Å². The Balaban J connectivity index is 1.87. The molecule has 1 unspecified atom stereocenters. The van der Waals surface area contributed by atoms with Crippen molar-refractivity contribution in [2.24, 2.45) is 0 Å². The highest BCUT2D eigenvalue weighted by molar-refractivity contribution is 4.74. The Kier molecular flexibility index (Phi) is 7.03. The van der Waals surface area contributed by atoms with Crippen molar-refractivity contribution in [3.63, 3.8) is 0 Å². The van der Waals surface area contributed by atoms with Crippen molar-refractivity contribution in [1.29, 1.82) is 0 Å². The molecule has 0 heterocycles. The van der Waals surface area contributed by atoms with Crippen LogP contribution in [0.2, 0.25) is 0 Å². The lowest BCUT2D eigenvalue weighted by molar-refractivity contribution is 0.461. The van der Waals surface area contributed by atoms with Crippen LogP contribution in [0, 0.1) is 0 Å². The maximum absolute atomic E-state index is 3.63. The molecule has 1 aliphatic carbocycles. The van der Waals surface area contributed by atoms with Crippen LogP contribution in [-0.4, -0.2) is 25.2 Å². The molecule has 0 bridgehead atoms. The number of unbranched alkanes of at least 4 members (excludes halogenated alkanes) is 1. The molecule has 90 valence electrons. The summed E-state index contributed by atoms with van der Waals surface area (Å²) < 4.78 is 0. The Bertz CT molecular complexity index is 141. The monoisotopic (exact) mass is 212 g/mol. The van der Waals surface area contributed by atoms with Crippen LogP contribution in [0.15, 0.2) is 0 Å². The van der Waals surface area contributed by atoms with Gasteiger partial charge in [-0.1, -0.05) is 32.6 Å². The van der Waals surface area contributed by atoms with Gasteiger partial charge in [-0.3, -0.25) is 0 Å². The fourth-order valence-electron chi connectivity index (χ4n) is 2.34. The van der Waals surface area contributed by atoms with Gasteiger partial charge in [-0.2, -0.15) is 0 Å². The maximum Gasteiger partial charge on any atom is 0.00794 e. The fraction of sp³-hybridized carbons (Fsp3) is 1.00.